The van der Waals surface area contributed by atoms with E-state index in [0.717, 1.165) is 25.2 Å². The van der Waals surface area contributed by atoms with Crippen LogP contribution in [0.25, 0.3) is 16.6 Å². The first-order valence-corrected chi connectivity index (χ1v) is 7.62. The molecule has 1 aliphatic heterocycles. The molecule has 0 amide bonds. The largest absolute Gasteiger partial charge is 0.313 e. The number of benzene rings is 2. The molecule has 2 nitrogen and oxygen atoms in total. The van der Waals surface area contributed by atoms with Gasteiger partial charge in [0.05, 0.1) is 11.2 Å². The Morgan fingerprint density at radius 1 is 1.18 bits per heavy atom. The average molecular weight is 293 g/mol. The molecule has 3 heteroatoms. The highest BCUT2D eigenvalue weighted by atomic mass is 19.1. The number of aryl methyl sites for hydroxylation is 1. The van der Waals surface area contributed by atoms with Gasteiger partial charge >= 0.3 is 0 Å². The number of halogens is 1. The van der Waals surface area contributed by atoms with Gasteiger partial charge in [-0.05, 0) is 49.9 Å². The zero-order valence-corrected chi connectivity index (χ0v) is 12.9. The Morgan fingerprint density at radius 3 is 2.82 bits per heavy atom. The van der Waals surface area contributed by atoms with Crippen molar-refractivity contribution >= 4 is 10.9 Å². The lowest BCUT2D eigenvalue weighted by atomic mass is 10.0. The summed E-state index contributed by atoms with van der Waals surface area (Å²) in [6.07, 6.45) is 1.00. The SMILES string of the molecule is Cc1ccc2c(c1)c1c(n2-c2[c]cc(F)cc2)CCN(C)C1. The fourth-order valence-corrected chi connectivity index (χ4v) is 3.42. The van der Waals surface area contributed by atoms with Crippen LogP contribution in [-0.2, 0) is 13.0 Å². The normalized spacial score (nSPS) is 15.2. The summed E-state index contributed by atoms with van der Waals surface area (Å²) in [5.41, 5.74) is 6.10. The van der Waals surface area contributed by atoms with Gasteiger partial charge in [0.15, 0.2) is 0 Å². The Hall–Kier alpha value is -2.13. The third-order valence-electron chi connectivity index (χ3n) is 4.49. The smallest absolute Gasteiger partial charge is 0.123 e. The molecule has 0 bridgehead atoms. The first kappa shape index (κ1) is 13.5. The second-order valence-corrected chi connectivity index (χ2v) is 6.16. The van der Waals surface area contributed by atoms with E-state index in [2.05, 4.69) is 47.7 Å². The Labute approximate surface area is 129 Å². The van der Waals surface area contributed by atoms with Gasteiger partial charge in [-0.3, -0.25) is 0 Å². The lowest BCUT2D eigenvalue weighted by Gasteiger charge is -2.24. The predicted octanol–water partition coefficient (Wildman–Crippen LogP) is 3.87. The number of hydrogen-bond donors (Lipinski definition) is 0. The first-order chi connectivity index (χ1) is 10.6. The van der Waals surface area contributed by atoms with Gasteiger partial charge in [0, 0.05) is 36.7 Å². The van der Waals surface area contributed by atoms with E-state index in [4.69, 9.17) is 0 Å². The van der Waals surface area contributed by atoms with E-state index in [1.165, 1.54) is 39.9 Å². The van der Waals surface area contributed by atoms with Gasteiger partial charge in [-0.2, -0.15) is 0 Å². The van der Waals surface area contributed by atoms with Crippen molar-refractivity contribution in [1.29, 1.82) is 0 Å². The van der Waals surface area contributed by atoms with E-state index >= 15 is 0 Å². The van der Waals surface area contributed by atoms with Crippen molar-refractivity contribution in [2.24, 2.45) is 0 Å². The number of rotatable bonds is 1. The van der Waals surface area contributed by atoms with Crippen molar-refractivity contribution in [3.05, 3.63) is 65.1 Å². The van der Waals surface area contributed by atoms with Crippen LogP contribution in [0.4, 0.5) is 4.39 Å². The van der Waals surface area contributed by atoms with Crippen LogP contribution in [-0.4, -0.2) is 23.1 Å². The van der Waals surface area contributed by atoms with Crippen LogP contribution in [0, 0.1) is 18.8 Å². The summed E-state index contributed by atoms with van der Waals surface area (Å²) >= 11 is 0. The molecule has 0 aliphatic carbocycles. The van der Waals surface area contributed by atoms with E-state index in [-0.39, 0.29) is 5.82 Å². The van der Waals surface area contributed by atoms with Crippen LogP contribution in [0.15, 0.2) is 36.4 Å². The van der Waals surface area contributed by atoms with Crippen molar-refractivity contribution in [2.75, 3.05) is 13.6 Å². The molecule has 4 rings (SSSR count). The molecule has 3 aromatic rings. The first-order valence-electron chi connectivity index (χ1n) is 7.62. The van der Waals surface area contributed by atoms with Crippen LogP contribution in [0.5, 0.6) is 0 Å². The molecule has 1 aliphatic rings. The molecule has 111 valence electrons. The van der Waals surface area contributed by atoms with E-state index in [9.17, 15) is 4.39 Å². The van der Waals surface area contributed by atoms with Crippen molar-refractivity contribution in [3.63, 3.8) is 0 Å². The minimum atomic E-state index is -0.246. The summed E-state index contributed by atoms with van der Waals surface area (Å²) in [4.78, 5) is 2.35. The van der Waals surface area contributed by atoms with Gasteiger partial charge in [0.25, 0.3) is 0 Å². The van der Waals surface area contributed by atoms with Gasteiger partial charge in [-0.1, -0.05) is 11.6 Å². The Morgan fingerprint density at radius 2 is 2.05 bits per heavy atom. The maximum Gasteiger partial charge on any atom is 0.123 e. The third-order valence-corrected chi connectivity index (χ3v) is 4.49. The minimum Gasteiger partial charge on any atom is -0.313 e. The van der Waals surface area contributed by atoms with Gasteiger partial charge in [0.1, 0.15) is 5.82 Å². The van der Waals surface area contributed by atoms with Gasteiger partial charge < -0.3 is 9.47 Å². The topological polar surface area (TPSA) is 8.17 Å². The minimum absolute atomic E-state index is 0.246. The van der Waals surface area contributed by atoms with Crippen LogP contribution in [0.3, 0.4) is 0 Å². The Balaban J connectivity index is 2.03. The van der Waals surface area contributed by atoms with Gasteiger partial charge in [-0.15, -0.1) is 0 Å². The molecule has 1 aromatic heterocycles. The van der Waals surface area contributed by atoms with E-state index in [0.29, 0.717) is 0 Å². The molecule has 0 unspecified atom stereocenters. The highest BCUT2D eigenvalue weighted by Crippen LogP contribution is 2.33. The Kier molecular flexibility index (Phi) is 3.05. The summed E-state index contributed by atoms with van der Waals surface area (Å²) < 4.78 is 15.5. The fourth-order valence-electron chi connectivity index (χ4n) is 3.42. The van der Waals surface area contributed by atoms with E-state index < -0.39 is 0 Å². The molecule has 0 saturated heterocycles. The predicted molar refractivity (Wildman–Crippen MR) is 86.8 cm³/mol. The average Bonchev–Trinajstić information content (AvgIpc) is 2.81. The molecule has 0 atom stereocenters. The molecule has 2 aromatic carbocycles. The lowest BCUT2D eigenvalue weighted by Crippen LogP contribution is -2.27. The molecule has 0 N–H and O–H groups in total. The summed E-state index contributed by atoms with van der Waals surface area (Å²) in [6, 6.07) is 14.4. The van der Waals surface area contributed by atoms with Crippen molar-refractivity contribution in [3.8, 4) is 5.69 Å². The second kappa shape index (κ2) is 4.96. The molecular weight excluding hydrogens is 275 g/mol. The number of fused-ring (bicyclic) bond motifs is 3. The van der Waals surface area contributed by atoms with Crippen LogP contribution in [0.2, 0.25) is 0 Å². The molecule has 2 heterocycles. The quantitative estimate of drug-likeness (QED) is 0.661. The summed E-state index contributed by atoms with van der Waals surface area (Å²) in [5, 5.41) is 1.30. The zero-order valence-electron chi connectivity index (χ0n) is 12.9. The highest BCUT2D eigenvalue weighted by molar-refractivity contribution is 5.88. The second-order valence-electron chi connectivity index (χ2n) is 6.16. The lowest BCUT2D eigenvalue weighted by molar-refractivity contribution is 0.311. The number of nitrogens with zero attached hydrogens (tertiary/aromatic N) is 2. The zero-order chi connectivity index (χ0) is 15.3. The monoisotopic (exact) mass is 293 g/mol. The van der Waals surface area contributed by atoms with Crippen molar-refractivity contribution in [1.82, 2.24) is 9.47 Å². The summed E-state index contributed by atoms with van der Waals surface area (Å²) in [6.45, 7) is 4.13. The molecule has 1 radical (unpaired) electrons. The van der Waals surface area contributed by atoms with Crippen molar-refractivity contribution in [2.45, 2.75) is 19.9 Å². The molecular formula is C19H18FN2. The molecule has 0 fully saturated rings. The fraction of sp³-hybridized carbons (Fsp3) is 0.263. The van der Waals surface area contributed by atoms with E-state index in [1.807, 2.05) is 6.07 Å². The molecule has 0 saturated carbocycles. The third kappa shape index (κ3) is 2.04. The Bertz CT molecular complexity index is 846. The molecule has 0 spiro atoms. The molecule has 22 heavy (non-hydrogen) atoms. The van der Waals surface area contributed by atoms with E-state index in [1.54, 1.807) is 0 Å². The standard InChI is InChI=1S/C19H18FN2/c1-13-3-8-18-16(11-13)17-12-21(2)10-9-19(17)22(18)15-6-4-14(20)5-7-15/h3-6,8,11H,9-10,12H2,1-2H3. The number of hydrogen-bond acceptors (Lipinski definition) is 1. The summed E-state index contributed by atoms with van der Waals surface area (Å²) in [5.74, 6) is -0.246. The van der Waals surface area contributed by atoms with Crippen molar-refractivity contribution < 1.29 is 4.39 Å². The van der Waals surface area contributed by atoms with Gasteiger partial charge in [-0.25, -0.2) is 4.39 Å². The maximum atomic E-state index is 13.2. The van der Waals surface area contributed by atoms with Crippen LogP contribution < -0.4 is 0 Å². The van der Waals surface area contributed by atoms with Crippen LogP contribution >= 0.6 is 0 Å². The number of likely N-dealkylation sites (N-methyl/N-ethyl adjacent to an activating group) is 1. The highest BCUT2D eigenvalue weighted by Gasteiger charge is 2.23. The number of aromatic nitrogens is 1. The van der Waals surface area contributed by atoms with Crippen LogP contribution in [0.1, 0.15) is 16.8 Å². The summed E-state index contributed by atoms with van der Waals surface area (Å²) in [7, 11) is 2.16. The van der Waals surface area contributed by atoms with Gasteiger partial charge in [0.2, 0.25) is 0 Å². The maximum absolute atomic E-state index is 13.2.